The van der Waals surface area contributed by atoms with Crippen LogP contribution in [0.15, 0.2) is 36.7 Å². The summed E-state index contributed by atoms with van der Waals surface area (Å²) in [6.45, 7) is 3.91. The standard InChI is InChI=1S/C14H17Cl2N3/c1-11(13-10-12(15)4-5-14(13)16)17-6-2-8-19-9-3-7-18-19/h3-5,7,9-11,17H,2,6,8H2,1H3. The van der Waals surface area contributed by atoms with Crippen LogP contribution in [0.2, 0.25) is 10.0 Å². The second-order valence-corrected chi connectivity index (χ2v) is 5.31. The minimum Gasteiger partial charge on any atom is -0.310 e. The zero-order valence-corrected chi connectivity index (χ0v) is 12.3. The normalized spacial score (nSPS) is 12.6. The number of aromatic nitrogens is 2. The van der Waals surface area contributed by atoms with Crippen molar-refractivity contribution in [1.82, 2.24) is 15.1 Å². The Balaban J connectivity index is 1.80. The van der Waals surface area contributed by atoms with Gasteiger partial charge >= 0.3 is 0 Å². The molecule has 102 valence electrons. The van der Waals surface area contributed by atoms with Gasteiger partial charge in [0.25, 0.3) is 0 Å². The van der Waals surface area contributed by atoms with Crippen molar-refractivity contribution in [3.63, 3.8) is 0 Å². The average Bonchev–Trinajstić information content (AvgIpc) is 2.90. The van der Waals surface area contributed by atoms with E-state index in [1.165, 1.54) is 0 Å². The molecule has 1 unspecified atom stereocenters. The summed E-state index contributed by atoms with van der Waals surface area (Å²) in [5.74, 6) is 0. The van der Waals surface area contributed by atoms with Gasteiger partial charge in [-0.25, -0.2) is 0 Å². The minimum atomic E-state index is 0.184. The lowest BCUT2D eigenvalue weighted by Crippen LogP contribution is -2.21. The van der Waals surface area contributed by atoms with E-state index in [1.807, 2.05) is 29.1 Å². The van der Waals surface area contributed by atoms with E-state index in [1.54, 1.807) is 12.3 Å². The van der Waals surface area contributed by atoms with Crippen molar-refractivity contribution in [3.8, 4) is 0 Å². The molecule has 5 heteroatoms. The third-order valence-electron chi connectivity index (χ3n) is 3.00. The molecule has 2 rings (SSSR count). The quantitative estimate of drug-likeness (QED) is 0.819. The molecule has 3 nitrogen and oxygen atoms in total. The Morgan fingerprint density at radius 1 is 1.37 bits per heavy atom. The first kappa shape index (κ1) is 14.4. The van der Waals surface area contributed by atoms with Gasteiger partial charge in [-0.2, -0.15) is 5.10 Å². The molecular formula is C14H17Cl2N3. The molecular weight excluding hydrogens is 281 g/mol. The fourth-order valence-corrected chi connectivity index (χ4v) is 2.41. The number of hydrogen-bond acceptors (Lipinski definition) is 2. The third kappa shape index (κ3) is 4.23. The lowest BCUT2D eigenvalue weighted by atomic mass is 10.1. The first-order valence-corrected chi connectivity index (χ1v) is 7.08. The van der Waals surface area contributed by atoms with E-state index in [2.05, 4.69) is 17.3 Å². The summed E-state index contributed by atoms with van der Waals surface area (Å²) in [5, 5.41) is 9.07. The summed E-state index contributed by atoms with van der Waals surface area (Å²) in [5.41, 5.74) is 1.04. The first-order valence-electron chi connectivity index (χ1n) is 6.32. The van der Waals surface area contributed by atoms with Gasteiger partial charge in [-0.3, -0.25) is 4.68 Å². The maximum absolute atomic E-state index is 6.17. The molecule has 1 aromatic carbocycles. The molecule has 0 radical (unpaired) electrons. The van der Waals surface area contributed by atoms with E-state index < -0.39 is 0 Å². The number of benzene rings is 1. The van der Waals surface area contributed by atoms with Crippen LogP contribution in [0.1, 0.15) is 24.9 Å². The van der Waals surface area contributed by atoms with Crippen LogP contribution >= 0.6 is 23.2 Å². The summed E-state index contributed by atoms with van der Waals surface area (Å²) in [6, 6.07) is 7.67. The summed E-state index contributed by atoms with van der Waals surface area (Å²) < 4.78 is 1.93. The molecule has 0 aliphatic carbocycles. The highest BCUT2D eigenvalue weighted by Crippen LogP contribution is 2.25. The number of aryl methyl sites for hydroxylation is 1. The van der Waals surface area contributed by atoms with Gasteiger partial charge in [0.15, 0.2) is 0 Å². The molecule has 0 saturated heterocycles. The molecule has 1 heterocycles. The summed E-state index contributed by atoms with van der Waals surface area (Å²) in [4.78, 5) is 0. The maximum Gasteiger partial charge on any atom is 0.0489 e. The summed E-state index contributed by atoms with van der Waals surface area (Å²) in [6.07, 6.45) is 4.78. The van der Waals surface area contributed by atoms with Gasteiger partial charge in [-0.1, -0.05) is 23.2 Å². The van der Waals surface area contributed by atoms with Gasteiger partial charge in [0.1, 0.15) is 0 Å². The molecule has 0 spiro atoms. The molecule has 0 bridgehead atoms. The number of rotatable bonds is 6. The number of nitrogens with one attached hydrogen (secondary N) is 1. The smallest absolute Gasteiger partial charge is 0.0489 e. The van der Waals surface area contributed by atoms with Crippen molar-refractivity contribution in [1.29, 1.82) is 0 Å². The first-order chi connectivity index (χ1) is 9.16. The van der Waals surface area contributed by atoms with Gasteiger partial charge < -0.3 is 5.32 Å². The Morgan fingerprint density at radius 3 is 2.95 bits per heavy atom. The van der Waals surface area contributed by atoms with Crippen molar-refractivity contribution in [2.24, 2.45) is 0 Å². The second-order valence-electron chi connectivity index (χ2n) is 4.46. The Kier molecular flexibility index (Phi) is 5.25. The van der Waals surface area contributed by atoms with Crippen LogP contribution < -0.4 is 5.32 Å². The van der Waals surface area contributed by atoms with Crippen LogP contribution in [0.4, 0.5) is 0 Å². The van der Waals surface area contributed by atoms with Gasteiger partial charge in [0, 0.05) is 35.0 Å². The maximum atomic E-state index is 6.17. The van der Waals surface area contributed by atoms with Crippen LogP contribution in [0.25, 0.3) is 0 Å². The van der Waals surface area contributed by atoms with Crippen LogP contribution in [0.5, 0.6) is 0 Å². The molecule has 19 heavy (non-hydrogen) atoms. The van der Waals surface area contributed by atoms with Crippen molar-refractivity contribution in [2.75, 3.05) is 6.54 Å². The largest absolute Gasteiger partial charge is 0.310 e. The lowest BCUT2D eigenvalue weighted by molar-refractivity contribution is 0.507. The number of hydrogen-bond donors (Lipinski definition) is 1. The molecule has 2 aromatic rings. The van der Waals surface area contributed by atoms with Crippen molar-refractivity contribution >= 4 is 23.2 Å². The molecule has 0 amide bonds. The highest BCUT2D eigenvalue weighted by molar-refractivity contribution is 6.33. The highest BCUT2D eigenvalue weighted by Gasteiger charge is 2.09. The predicted molar refractivity (Wildman–Crippen MR) is 79.7 cm³/mol. The van der Waals surface area contributed by atoms with Crippen LogP contribution in [-0.4, -0.2) is 16.3 Å². The number of nitrogens with zero attached hydrogens (tertiary/aromatic N) is 2. The molecule has 0 aliphatic rings. The molecule has 0 saturated carbocycles. The Morgan fingerprint density at radius 2 is 2.21 bits per heavy atom. The van der Waals surface area contributed by atoms with E-state index in [-0.39, 0.29) is 6.04 Å². The summed E-state index contributed by atoms with van der Waals surface area (Å²) in [7, 11) is 0. The topological polar surface area (TPSA) is 29.9 Å². The van der Waals surface area contributed by atoms with Crippen LogP contribution in [-0.2, 0) is 6.54 Å². The predicted octanol–water partition coefficient (Wildman–Crippen LogP) is 3.93. The van der Waals surface area contributed by atoms with Crippen molar-refractivity contribution in [2.45, 2.75) is 25.9 Å². The van der Waals surface area contributed by atoms with Crippen molar-refractivity contribution < 1.29 is 0 Å². The lowest BCUT2D eigenvalue weighted by Gasteiger charge is -2.16. The van der Waals surface area contributed by atoms with Crippen LogP contribution in [0, 0.1) is 0 Å². The Labute approximate surface area is 123 Å². The zero-order valence-electron chi connectivity index (χ0n) is 10.8. The Bertz CT molecular complexity index is 511. The average molecular weight is 298 g/mol. The highest BCUT2D eigenvalue weighted by atomic mass is 35.5. The fraction of sp³-hybridized carbons (Fsp3) is 0.357. The second kappa shape index (κ2) is 6.94. The van der Waals surface area contributed by atoms with E-state index in [9.17, 15) is 0 Å². The van der Waals surface area contributed by atoms with Gasteiger partial charge in [-0.15, -0.1) is 0 Å². The summed E-state index contributed by atoms with van der Waals surface area (Å²) >= 11 is 12.2. The van der Waals surface area contributed by atoms with E-state index in [4.69, 9.17) is 23.2 Å². The fourth-order valence-electron chi connectivity index (χ4n) is 1.95. The molecule has 0 fully saturated rings. The van der Waals surface area contributed by atoms with E-state index in [0.29, 0.717) is 5.02 Å². The number of halogens is 2. The van der Waals surface area contributed by atoms with Crippen molar-refractivity contribution in [3.05, 3.63) is 52.3 Å². The zero-order chi connectivity index (χ0) is 13.7. The van der Waals surface area contributed by atoms with Gasteiger partial charge in [0.05, 0.1) is 0 Å². The minimum absolute atomic E-state index is 0.184. The molecule has 1 aromatic heterocycles. The molecule has 1 N–H and O–H groups in total. The SMILES string of the molecule is CC(NCCCn1cccn1)c1cc(Cl)ccc1Cl. The monoisotopic (exact) mass is 297 g/mol. The van der Waals surface area contributed by atoms with Gasteiger partial charge in [0.2, 0.25) is 0 Å². The van der Waals surface area contributed by atoms with E-state index in [0.717, 1.165) is 30.1 Å². The third-order valence-corrected chi connectivity index (χ3v) is 3.58. The van der Waals surface area contributed by atoms with E-state index >= 15 is 0 Å². The van der Waals surface area contributed by atoms with Gasteiger partial charge in [-0.05, 0) is 49.7 Å². The molecule has 0 aliphatic heterocycles. The molecule has 1 atom stereocenters. The van der Waals surface area contributed by atoms with Crippen LogP contribution in [0.3, 0.4) is 0 Å². The Hall–Kier alpha value is -1.03.